The van der Waals surface area contributed by atoms with E-state index in [-0.39, 0.29) is 41.7 Å². The molecule has 3 saturated heterocycles. The first-order valence-electron chi connectivity index (χ1n) is 10.0. The molecule has 8 nitrogen and oxygen atoms in total. The number of hydrogen-bond donors (Lipinski definition) is 0. The molecule has 3 fully saturated rings. The van der Waals surface area contributed by atoms with Crippen molar-refractivity contribution in [1.29, 1.82) is 0 Å². The molecule has 29 heavy (non-hydrogen) atoms. The highest BCUT2D eigenvalue weighted by molar-refractivity contribution is 7.91. The number of hydrogen-bond acceptors (Lipinski definition) is 6. The first kappa shape index (κ1) is 20.2. The first-order chi connectivity index (χ1) is 13.9. The van der Waals surface area contributed by atoms with Crippen LogP contribution in [-0.2, 0) is 19.4 Å². The maximum atomic E-state index is 13.0. The predicted octanol–water partition coefficient (Wildman–Crippen LogP) is 0.379. The molecule has 0 bridgehead atoms. The molecule has 0 radical (unpaired) electrons. The van der Waals surface area contributed by atoms with Crippen LogP contribution in [0, 0.1) is 5.92 Å². The van der Waals surface area contributed by atoms with E-state index in [1.165, 1.54) is 0 Å². The number of amides is 2. The third-order valence-corrected chi connectivity index (χ3v) is 7.96. The van der Waals surface area contributed by atoms with Gasteiger partial charge in [-0.25, -0.2) is 8.42 Å². The Balaban J connectivity index is 1.33. The van der Waals surface area contributed by atoms with Crippen LogP contribution in [0.25, 0.3) is 0 Å². The summed E-state index contributed by atoms with van der Waals surface area (Å²) >= 11 is 0. The van der Waals surface area contributed by atoms with Crippen molar-refractivity contribution in [2.45, 2.75) is 18.9 Å². The molecule has 2 atom stereocenters. The maximum absolute atomic E-state index is 13.0. The van der Waals surface area contributed by atoms with Crippen LogP contribution in [0.2, 0.25) is 0 Å². The Labute approximate surface area is 171 Å². The number of carbonyl (C=O) groups excluding carboxylic acids is 2. The van der Waals surface area contributed by atoms with Gasteiger partial charge in [0.1, 0.15) is 5.75 Å². The molecule has 2 amide bonds. The summed E-state index contributed by atoms with van der Waals surface area (Å²) in [5.41, 5.74) is 0.776. The van der Waals surface area contributed by atoms with Gasteiger partial charge >= 0.3 is 0 Å². The Morgan fingerprint density at radius 3 is 2.38 bits per heavy atom. The summed E-state index contributed by atoms with van der Waals surface area (Å²) in [4.78, 5) is 31.1. The zero-order valence-corrected chi connectivity index (χ0v) is 17.4. The minimum Gasteiger partial charge on any atom is -0.497 e. The summed E-state index contributed by atoms with van der Waals surface area (Å²) < 4.78 is 28.6. The van der Waals surface area contributed by atoms with Gasteiger partial charge in [-0.05, 0) is 30.7 Å². The molecule has 3 heterocycles. The van der Waals surface area contributed by atoms with E-state index < -0.39 is 9.84 Å². The molecule has 4 rings (SSSR count). The van der Waals surface area contributed by atoms with E-state index in [1.54, 1.807) is 24.1 Å². The minimum atomic E-state index is -2.90. The number of anilines is 1. The van der Waals surface area contributed by atoms with Crippen molar-refractivity contribution in [2.24, 2.45) is 5.92 Å². The van der Waals surface area contributed by atoms with Gasteiger partial charge in [-0.1, -0.05) is 0 Å². The Morgan fingerprint density at radius 1 is 1.10 bits per heavy atom. The van der Waals surface area contributed by atoms with Crippen LogP contribution >= 0.6 is 0 Å². The molecule has 1 aromatic carbocycles. The standard InChI is InChI=1S/C20H27N3O5S/c1-28-18-4-2-16(3-5-18)23-13-15(12-19(23)24)20(25)22-9-7-21(8-10-22)17-6-11-29(26,27)14-17/h2-5,15,17H,6-14H2,1H3. The van der Waals surface area contributed by atoms with E-state index in [9.17, 15) is 18.0 Å². The maximum Gasteiger partial charge on any atom is 0.228 e. The lowest BCUT2D eigenvalue weighted by atomic mass is 10.1. The zero-order valence-electron chi connectivity index (χ0n) is 16.6. The quantitative estimate of drug-likeness (QED) is 0.699. The number of sulfone groups is 1. The highest BCUT2D eigenvalue weighted by Gasteiger charge is 2.39. The summed E-state index contributed by atoms with van der Waals surface area (Å²) in [7, 11) is -1.31. The molecular weight excluding hydrogens is 394 g/mol. The van der Waals surface area contributed by atoms with E-state index in [1.807, 2.05) is 17.0 Å². The van der Waals surface area contributed by atoms with Crippen LogP contribution in [0.5, 0.6) is 5.75 Å². The summed E-state index contributed by atoms with van der Waals surface area (Å²) in [6.45, 7) is 2.94. The summed E-state index contributed by atoms with van der Waals surface area (Å²) in [6, 6.07) is 7.35. The van der Waals surface area contributed by atoms with Gasteiger partial charge in [0.15, 0.2) is 9.84 Å². The molecule has 0 aromatic heterocycles. The molecule has 9 heteroatoms. The fourth-order valence-corrected chi connectivity index (χ4v) is 6.28. The Kier molecular flexibility index (Phi) is 5.52. The fraction of sp³-hybridized carbons (Fsp3) is 0.600. The molecule has 158 valence electrons. The number of ether oxygens (including phenoxy) is 1. The van der Waals surface area contributed by atoms with E-state index >= 15 is 0 Å². The molecule has 0 spiro atoms. The van der Waals surface area contributed by atoms with Crippen molar-refractivity contribution in [3.8, 4) is 5.75 Å². The first-order valence-corrected chi connectivity index (χ1v) is 11.9. The number of benzene rings is 1. The van der Waals surface area contributed by atoms with Crippen LogP contribution in [0.4, 0.5) is 5.69 Å². The van der Waals surface area contributed by atoms with Crippen molar-refractivity contribution < 1.29 is 22.7 Å². The molecular formula is C20H27N3O5S. The van der Waals surface area contributed by atoms with Crippen molar-refractivity contribution in [2.75, 3.05) is 56.2 Å². The highest BCUT2D eigenvalue weighted by Crippen LogP contribution is 2.28. The summed E-state index contributed by atoms with van der Waals surface area (Å²) in [5, 5.41) is 0. The lowest BCUT2D eigenvalue weighted by Gasteiger charge is -2.38. The van der Waals surface area contributed by atoms with Gasteiger partial charge in [-0.15, -0.1) is 0 Å². The van der Waals surface area contributed by atoms with E-state index in [0.29, 0.717) is 39.1 Å². The average Bonchev–Trinajstić information content (AvgIpc) is 3.29. The second kappa shape index (κ2) is 7.95. The van der Waals surface area contributed by atoms with Crippen LogP contribution in [-0.4, -0.2) is 87.4 Å². The molecule has 0 aliphatic carbocycles. The van der Waals surface area contributed by atoms with E-state index in [2.05, 4.69) is 4.90 Å². The molecule has 3 aliphatic heterocycles. The van der Waals surface area contributed by atoms with E-state index in [4.69, 9.17) is 4.74 Å². The summed E-state index contributed by atoms with van der Waals surface area (Å²) in [5.74, 6) is 0.872. The molecule has 0 saturated carbocycles. The second-order valence-corrected chi connectivity index (χ2v) is 10.3. The van der Waals surface area contributed by atoms with Gasteiger partial charge in [-0.3, -0.25) is 14.5 Å². The van der Waals surface area contributed by atoms with Crippen molar-refractivity contribution >= 4 is 27.3 Å². The number of carbonyl (C=O) groups is 2. The lowest BCUT2D eigenvalue weighted by Crippen LogP contribution is -2.53. The van der Waals surface area contributed by atoms with Gasteiger partial charge in [0, 0.05) is 50.9 Å². The van der Waals surface area contributed by atoms with Gasteiger partial charge < -0.3 is 14.5 Å². The SMILES string of the molecule is COc1ccc(N2CC(C(=O)N3CCN(C4CCS(=O)(=O)C4)CC3)CC2=O)cc1. The second-order valence-electron chi connectivity index (χ2n) is 8.02. The number of piperazine rings is 1. The lowest BCUT2D eigenvalue weighted by molar-refractivity contribution is -0.137. The smallest absolute Gasteiger partial charge is 0.228 e. The van der Waals surface area contributed by atoms with Crippen molar-refractivity contribution in [3.63, 3.8) is 0 Å². The van der Waals surface area contributed by atoms with Gasteiger partial charge in [0.25, 0.3) is 0 Å². The fourth-order valence-electron chi connectivity index (χ4n) is 4.51. The van der Waals surface area contributed by atoms with Gasteiger partial charge in [0.2, 0.25) is 11.8 Å². The van der Waals surface area contributed by atoms with Crippen molar-refractivity contribution in [3.05, 3.63) is 24.3 Å². The third kappa shape index (κ3) is 4.25. The number of rotatable bonds is 4. The highest BCUT2D eigenvalue weighted by atomic mass is 32.2. The van der Waals surface area contributed by atoms with Crippen LogP contribution in [0.1, 0.15) is 12.8 Å². The third-order valence-electron chi connectivity index (χ3n) is 6.21. The number of methoxy groups -OCH3 is 1. The average molecular weight is 422 g/mol. The number of nitrogens with zero attached hydrogens (tertiary/aromatic N) is 3. The van der Waals surface area contributed by atoms with Crippen LogP contribution in [0.15, 0.2) is 24.3 Å². The Hall–Kier alpha value is -2.13. The monoisotopic (exact) mass is 421 g/mol. The predicted molar refractivity (Wildman–Crippen MR) is 109 cm³/mol. The van der Waals surface area contributed by atoms with Gasteiger partial charge in [0.05, 0.1) is 24.5 Å². The Bertz CT molecular complexity index is 878. The normalized spacial score (nSPS) is 27.4. The van der Waals surface area contributed by atoms with Crippen LogP contribution < -0.4 is 9.64 Å². The minimum absolute atomic E-state index is 0.0213. The van der Waals surface area contributed by atoms with E-state index in [0.717, 1.165) is 11.4 Å². The molecule has 0 N–H and O–H groups in total. The van der Waals surface area contributed by atoms with Crippen molar-refractivity contribution in [1.82, 2.24) is 9.80 Å². The van der Waals surface area contributed by atoms with Gasteiger partial charge in [-0.2, -0.15) is 0 Å². The Morgan fingerprint density at radius 2 is 1.79 bits per heavy atom. The van der Waals surface area contributed by atoms with Crippen LogP contribution in [0.3, 0.4) is 0 Å². The summed E-state index contributed by atoms with van der Waals surface area (Å²) in [6.07, 6.45) is 0.913. The molecule has 1 aromatic rings. The molecule has 3 aliphatic rings. The zero-order chi connectivity index (χ0) is 20.6. The largest absolute Gasteiger partial charge is 0.497 e. The topological polar surface area (TPSA) is 87.2 Å². The molecule has 2 unspecified atom stereocenters.